The molecule has 0 spiro atoms. The van der Waals surface area contributed by atoms with E-state index >= 15 is 0 Å². The highest BCUT2D eigenvalue weighted by molar-refractivity contribution is 7.18. The van der Waals surface area contributed by atoms with Crippen LogP contribution in [0.3, 0.4) is 0 Å². The van der Waals surface area contributed by atoms with Crippen molar-refractivity contribution in [3.05, 3.63) is 40.8 Å². The SMILES string of the molecule is CCC(CC)NCc1cc(Cc2nc3cccnc3s2)nc(NC2CCC(O)CC2)n1. The highest BCUT2D eigenvalue weighted by Gasteiger charge is 2.20. The van der Waals surface area contributed by atoms with Crippen LogP contribution in [-0.2, 0) is 13.0 Å². The number of hydrogen-bond acceptors (Lipinski definition) is 8. The van der Waals surface area contributed by atoms with Gasteiger partial charge >= 0.3 is 0 Å². The molecule has 0 saturated heterocycles. The summed E-state index contributed by atoms with van der Waals surface area (Å²) in [5.74, 6) is 0.680. The van der Waals surface area contributed by atoms with Crippen LogP contribution in [0.2, 0.25) is 0 Å². The molecule has 3 aromatic heterocycles. The van der Waals surface area contributed by atoms with Crippen molar-refractivity contribution in [3.63, 3.8) is 0 Å². The van der Waals surface area contributed by atoms with Crippen LogP contribution in [0, 0.1) is 0 Å². The van der Waals surface area contributed by atoms with Gasteiger partial charge in [-0.2, -0.15) is 0 Å². The number of anilines is 1. The summed E-state index contributed by atoms with van der Waals surface area (Å²) in [5.41, 5.74) is 2.90. The summed E-state index contributed by atoms with van der Waals surface area (Å²) in [6, 6.07) is 6.80. The van der Waals surface area contributed by atoms with E-state index in [1.54, 1.807) is 17.5 Å². The average Bonchev–Trinajstić information content (AvgIpc) is 3.18. The van der Waals surface area contributed by atoms with Crippen molar-refractivity contribution < 1.29 is 5.11 Å². The molecular formula is C23H32N6OS. The number of aliphatic hydroxyl groups is 1. The molecule has 1 aliphatic rings. The minimum absolute atomic E-state index is 0.169. The average molecular weight is 441 g/mol. The van der Waals surface area contributed by atoms with Crippen molar-refractivity contribution >= 4 is 27.6 Å². The van der Waals surface area contributed by atoms with Gasteiger partial charge in [0.25, 0.3) is 0 Å². The number of fused-ring (bicyclic) bond motifs is 1. The van der Waals surface area contributed by atoms with E-state index < -0.39 is 0 Å². The fraction of sp³-hybridized carbons (Fsp3) is 0.565. The van der Waals surface area contributed by atoms with E-state index in [4.69, 9.17) is 15.0 Å². The second-order valence-electron chi connectivity index (χ2n) is 8.33. The fourth-order valence-corrected chi connectivity index (χ4v) is 4.99. The molecule has 8 heteroatoms. The van der Waals surface area contributed by atoms with Crippen LogP contribution in [-0.4, -0.2) is 43.2 Å². The maximum absolute atomic E-state index is 9.80. The molecule has 0 unspecified atom stereocenters. The Morgan fingerprint density at radius 2 is 1.87 bits per heavy atom. The van der Waals surface area contributed by atoms with Gasteiger partial charge in [-0.05, 0) is 56.7 Å². The molecule has 166 valence electrons. The zero-order valence-corrected chi connectivity index (χ0v) is 19.2. The first kappa shape index (κ1) is 22.0. The minimum Gasteiger partial charge on any atom is -0.393 e. The number of aromatic nitrogens is 4. The van der Waals surface area contributed by atoms with E-state index in [2.05, 4.69) is 35.5 Å². The molecule has 0 aliphatic heterocycles. The Balaban J connectivity index is 1.53. The summed E-state index contributed by atoms with van der Waals surface area (Å²) in [4.78, 5) is 19.7. The van der Waals surface area contributed by atoms with Gasteiger partial charge in [0.05, 0.1) is 17.5 Å². The van der Waals surface area contributed by atoms with Gasteiger partial charge in [0.15, 0.2) is 0 Å². The third kappa shape index (κ3) is 5.96. The van der Waals surface area contributed by atoms with Crippen molar-refractivity contribution in [2.75, 3.05) is 5.32 Å². The van der Waals surface area contributed by atoms with E-state index in [0.29, 0.717) is 24.5 Å². The molecule has 3 heterocycles. The molecule has 1 fully saturated rings. The first-order valence-electron chi connectivity index (χ1n) is 11.4. The molecule has 0 atom stereocenters. The number of aliphatic hydroxyl groups excluding tert-OH is 1. The van der Waals surface area contributed by atoms with Gasteiger partial charge in [-0.3, -0.25) is 0 Å². The number of nitrogens with zero attached hydrogens (tertiary/aromatic N) is 4. The van der Waals surface area contributed by atoms with Crippen LogP contribution in [0.1, 0.15) is 68.8 Å². The van der Waals surface area contributed by atoms with Crippen LogP contribution in [0.15, 0.2) is 24.4 Å². The smallest absolute Gasteiger partial charge is 0.223 e. The molecule has 4 rings (SSSR count). The quantitative estimate of drug-likeness (QED) is 0.462. The first-order valence-corrected chi connectivity index (χ1v) is 12.2. The van der Waals surface area contributed by atoms with Crippen molar-refractivity contribution in [2.45, 2.75) is 83.5 Å². The lowest BCUT2D eigenvalue weighted by atomic mass is 9.93. The standard InChI is InChI=1S/C23H32N6OS/c1-3-15(4-2)25-14-18-12-17(13-21-29-20-6-5-11-24-22(20)31-21)27-23(28-18)26-16-7-9-19(30)10-8-16/h5-6,11-12,15-16,19,25,30H,3-4,7-10,13-14H2,1-2H3,(H,26,27,28). The molecule has 31 heavy (non-hydrogen) atoms. The summed E-state index contributed by atoms with van der Waals surface area (Å²) < 4.78 is 0. The maximum atomic E-state index is 9.80. The van der Waals surface area contributed by atoms with Crippen molar-refractivity contribution in [3.8, 4) is 0 Å². The Bertz CT molecular complexity index is 948. The van der Waals surface area contributed by atoms with Gasteiger partial charge in [-0.1, -0.05) is 25.2 Å². The third-order valence-corrected chi connectivity index (χ3v) is 6.94. The predicted molar refractivity (Wildman–Crippen MR) is 125 cm³/mol. The summed E-state index contributed by atoms with van der Waals surface area (Å²) in [7, 11) is 0. The van der Waals surface area contributed by atoms with Gasteiger partial charge in [0.2, 0.25) is 5.95 Å². The highest BCUT2D eigenvalue weighted by atomic mass is 32.1. The molecule has 0 aromatic carbocycles. The molecule has 3 N–H and O–H groups in total. The molecule has 0 amide bonds. The van der Waals surface area contributed by atoms with Gasteiger partial charge in [0, 0.05) is 31.2 Å². The van der Waals surface area contributed by atoms with E-state index in [1.807, 2.05) is 12.1 Å². The first-order chi connectivity index (χ1) is 15.1. The Kier molecular flexibility index (Phi) is 7.42. The summed E-state index contributed by atoms with van der Waals surface area (Å²) in [6.45, 7) is 5.14. The van der Waals surface area contributed by atoms with Gasteiger partial charge in [0.1, 0.15) is 15.4 Å². The normalized spacial score (nSPS) is 19.2. The maximum Gasteiger partial charge on any atom is 0.223 e. The van der Waals surface area contributed by atoms with E-state index in [-0.39, 0.29) is 6.10 Å². The summed E-state index contributed by atoms with van der Waals surface area (Å²) >= 11 is 1.62. The van der Waals surface area contributed by atoms with Gasteiger partial charge in [-0.25, -0.2) is 19.9 Å². The third-order valence-electron chi connectivity index (χ3n) is 5.96. The summed E-state index contributed by atoms with van der Waals surface area (Å²) in [6.07, 6.45) is 8.06. The largest absolute Gasteiger partial charge is 0.393 e. The molecular weight excluding hydrogens is 408 g/mol. The lowest BCUT2D eigenvalue weighted by Crippen LogP contribution is -2.30. The molecule has 0 radical (unpaired) electrons. The molecule has 0 bridgehead atoms. The predicted octanol–water partition coefficient (Wildman–Crippen LogP) is 4.07. The van der Waals surface area contributed by atoms with Crippen LogP contribution in [0.25, 0.3) is 10.3 Å². The van der Waals surface area contributed by atoms with Gasteiger partial charge in [-0.15, -0.1) is 0 Å². The van der Waals surface area contributed by atoms with E-state index in [0.717, 1.165) is 71.8 Å². The lowest BCUT2D eigenvalue weighted by molar-refractivity contribution is 0.126. The Hall–Kier alpha value is -2.16. The highest BCUT2D eigenvalue weighted by Crippen LogP contribution is 2.24. The number of pyridine rings is 1. The molecule has 1 saturated carbocycles. The zero-order valence-electron chi connectivity index (χ0n) is 18.3. The molecule has 3 aromatic rings. The Morgan fingerprint density at radius 3 is 2.61 bits per heavy atom. The molecule has 7 nitrogen and oxygen atoms in total. The van der Waals surface area contributed by atoms with Crippen LogP contribution in [0.5, 0.6) is 0 Å². The topological polar surface area (TPSA) is 95.9 Å². The van der Waals surface area contributed by atoms with Crippen LogP contribution in [0.4, 0.5) is 5.95 Å². The Morgan fingerprint density at radius 1 is 1.10 bits per heavy atom. The van der Waals surface area contributed by atoms with Gasteiger partial charge < -0.3 is 15.7 Å². The lowest BCUT2D eigenvalue weighted by Gasteiger charge is -2.26. The number of nitrogens with one attached hydrogen (secondary N) is 2. The summed E-state index contributed by atoms with van der Waals surface area (Å²) in [5, 5.41) is 17.9. The molecule has 1 aliphatic carbocycles. The zero-order chi connectivity index (χ0) is 21.6. The van der Waals surface area contributed by atoms with Crippen molar-refractivity contribution in [1.29, 1.82) is 0 Å². The second-order valence-corrected chi connectivity index (χ2v) is 9.39. The number of rotatable bonds is 9. The fourth-order valence-electron chi connectivity index (χ4n) is 4.07. The van der Waals surface area contributed by atoms with Crippen molar-refractivity contribution in [1.82, 2.24) is 25.3 Å². The Labute approximate surface area is 187 Å². The number of thiazole rings is 1. The second kappa shape index (κ2) is 10.4. The van der Waals surface area contributed by atoms with Crippen LogP contribution >= 0.6 is 11.3 Å². The monoisotopic (exact) mass is 440 g/mol. The minimum atomic E-state index is -0.169. The van der Waals surface area contributed by atoms with E-state index in [9.17, 15) is 5.11 Å². The van der Waals surface area contributed by atoms with Crippen molar-refractivity contribution in [2.24, 2.45) is 0 Å². The van der Waals surface area contributed by atoms with E-state index in [1.165, 1.54) is 0 Å². The number of hydrogen-bond donors (Lipinski definition) is 3. The van der Waals surface area contributed by atoms with Crippen LogP contribution < -0.4 is 10.6 Å².